The number of nitrogens with one attached hydrogen (secondary N) is 1. The van der Waals surface area contributed by atoms with Gasteiger partial charge in [-0.2, -0.15) is 0 Å². The molecule has 0 aliphatic heterocycles. The lowest BCUT2D eigenvalue weighted by atomic mass is 10.2. The van der Waals surface area contributed by atoms with Gasteiger partial charge in [0.15, 0.2) is 0 Å². The molecule has 1 aromatic carbocycles. The SMILES string of the molecule is COc1ccc(C)cc1NC(=O)c1ccncc1O. The number of methoxy groups -OCH3 is 1. The van der Waals surface area contributed by atoms with Crippen LogP contribution in [-0.2, 0) is 0 Å². The van der Waals surface area contributed by atoms with Crippen molar-refractivity contribution in [1.29, 1.82) is 0 Å². The molecule has 0 fully saturated rings. The second kappa shape index (κ2) is 5.39. The Bertz CT molecular complexity index is 611. The smallest absolute Gasteiger partial charge is 0.259 e. The summed E-state index contributed by atoms with van der Waals surface area (Å²) in [4.78, 5) is 15.8. The van der Waals surface area contributed by atoms with E-state index < -0.39 is 5.91 Å². The maximum absolute atomic E-state index is 12.1. The standard InChI is InChI=1S/C14H14N2O3/c1-9-3-4-13(19-2)11(7-9)16-14(18)10-5-6-15-8-12(10)17/h3-8,17H,1-2H3,(H,16,18). The average molecular weight is 258 g/mol. The highest BCUT2D eigenvalue weighted by Gasteiger charge is 2.13. The zero-order chi connectivity index (χ0) is 13.8. The normalized spacial score (nSPS) is 10.0. The third-order valence-corrected chi connectivity index (χ3v) is 2.65. The number of anilines is 1. The van der Waals surface area contributed by atoms with E-state index in [1.165, 1.54) is 25.6 Å². The van der Waals surface area contributed by atoms with Crippen LogP contribution >= 0.6 is 0 Å². The average Bonchev–Trinajstić information content (AvgIpc) is 2.39. The molecule has 2 rings (SSSR count). The van der Waals surface area contributed by atoms with Crippen LogP contribution < -0.4 is 10.1 Å². The van der Waals surface area contributed by atoms with Crippen molar-refractivity contribution in [3.63, 3.8) is 0 Å². The van der Waals surface area contributed by atoms with Gasteiger partial charge >= 0.3 is 0 Å². The molecule has 0 unspecified atom stereocenters. The number of hydrogen-bond acceptors (Lipinski definition) is 4. The molecule has 0 bridgehead atoms. The molecular weight excluding hydrogens is 244 g/mol. The number of hydrogen-bond donors (Lipinski definition) is 2. The molecule has 0 saturated heterocycles. The molecule has 0 saturated carbocycles. The van der Waals surface area contributed by atoms with Crippen molar-refractivity contribution in [2.75, 3.05) is 12.4 Å². The number of nitrogens with zero attached hydrogens (tertiary/aromatic N) is 1. The third-order valence-electron chi connectivity index (χ3n) is 2.65. The van der Waals surface area contributed by atoms with Crippen LogP contribution in [0.25, 0.3) is 0 Å². The summed E-state index contributed by atoms with van der Waals surface area (Å²) in [7, 11) is 1.53. The molecule has 19 heavy (non-hydrogen) atoms. The molecule has 5 heteroatoms. The summed E-state index contributed by atoms with van der Waals surface area (Å²) in [5.74, 6) is -0.0112. The van der Waals surface area contributed by atoms with Gasteiger partial charge in [0, 0.05) is 6.20 Å². The molecule has 1 heterocycles. The molecule has 2 N–H and O–H groups in total. The van der Waals surface area contributed by atoms with Gasteiger partial charge in [0.25, 0.3) is 5.91 Å². The molecule has 0 atom stereocenters. The lowest BCUT2D eigenvalue weighted by Crippen LogP contribution is -2.13. The van der Waals surface area contributed by atoms with Gasteiger partial charge in [-0.3, -0.25) is 9.78 Å². The van der Waals surface area contributed by atoms with E-state index in [4.69, 9.17) is 4.74 Å². The first-order valence-corrected chi connectivity index (χ1v) is 5.71. The molecular formula is C14H14N2O3. The van der Waals surface area contributed by atoms with Crippen LogP contribution in [0.4, 0.5) is 5.69 Å². The Morgan fingerprint density at radius 1 is 1.37 bits per heavy atom. The van der Waals surface area contributed by atoms with Gasteiger partial charge in [-0.15, -0.1) is 0 Å². The molecule has 98 valence electrons. The molecule has 0 aliphatic carbocycles. The summed E-state index contributed by atoms with van der Waals surface area (Å²) < 4.78 is 5.18. The first-order chi connectivity index (χ1) is 9.11. The van der Waals surface area contributed by atoms with Crippen LogP contribution in [0.15, 0.2) is 36.7 Å². The van der Waals surface area contributed by atoms with E-state index in [0.29, 0.717) is 11.4 Å². The molecule has 0 radical (unpaired) electrons. The predicted octanol–water partition coefficient (Wildman–Crippen LogP) is 2.36. The highest BCUT2D eigenvalue weighted by molar-refractivity contribution is 6.06. The highest BCUT2D eigenvalue weighted by atomic mass is 16.5. The molecule has 2 aromatic rings. The van der Waals surface area contributed by atoms with Gasteiger partial charge in [0.1, 0.15) is 11.5 Å². The van der Waals surface area contributed by atoms with Gasteiger partial charge in [0.05, 0.1) is 24.6 Å². The van der Waals surface area contributed by atoms with Crippen molar-refractivity contribution in [2.24, 2.45) is 0 Å². The number of carbonyl (C=O) groups excluding carboxylic acids is 1. The molecule has 1 aromatic heterocycles. The summed E-state index contributed by atoms with van der Waals surface area (Å²) in [5.41, 5.74) is 1.72. The van der Waals surface area contributed by atoms with Crippen molar-refractivity contribution in [3.05, 3.63) is 47.8 Å². The number of ether oxygens (including phenoxy) is 1. The van der Waals surface area contributed by atoms with Gasteiger partial charge < -0.3 is 15.2 Å². The lowest BCUT2D eigenvalue weighted by molar-refractivity contribution is 0.102. The van der Waals surface area contributed by atoms with Crippen molar-refractivity contribution in [2.45, 2.75) is 6.92 Å². The second-order valence-electron chi connectivity index (χ2n) is 4.05. The zero-order valence-corrected chi connectivity index (χ0v) is 10.7. The van der Waals surface area contributed by atoms with E-state index in [1.807, 2.05) is 13.0 Å². The number of aryl methyl sites for hydroxylation is 1. The Balaban J connectivity index is 2.29. The van der Waals surface area contributed by atoms with Gasteiger partial charge in [-0.1, -0.05) is 6.07 Å². The lowest BCUT2D eigenvalue weighted by Gasteiger charge is -2.11. The number of carbonyl (C=O) groups is 1. The van der Waals surface area contributed by atoms with Crippen LogP contribution in [0.3, 0.4) is 0 Å². The summed E-state index contributed by atoms with van der Waals surface area (Å²) in [6.45, 7) is 1.92. The number of pyridine rings is 1. The predicted molar refractivity (Wildman–Crippen MR) is 71.6 cm³/mol. The molecule has 1 amide bonds. The minimum Gasteiger partial charge on any atom is -0.505 e. The van der Waals surface area contributed by atoms with Gasteiger partial charge in [-0.05, 0) is 30.7 Å². The Hall–Kier alpha value is -2.56. The van der Waals surface area contributed by atoms with E-state index in [0.717, 1.165) is 5.56 Å². The van der Waals surface area contributed by atoms with Gasteiger partial charge in [0.2, 0.25) is 0 Å². The molecule has 0 spiro atoms. The highest BCUT2D eigenvalue weighted by Crippen LogP contribution is 2.26. The summed E-state index contributed by atoms with van der Waals surface area (Å²) in [6.07, 6.45) is 2.67. The topological polar surface area (TPSA) is 71.5 Å². The van der Waals surface area contributed by atoms with E-state index in [9.17, 15) is 9.90 Å². The van der Waals surface area contributed by atoms with E-state index >= 15 is 0 Å². The van der Waals surface area contributed by atoms with Crippen molar-refractivity contribution < 1.29 is 14.6 Å². The largest absolute Gasteiger partial charge is 0.505 e. The van der Waals surface area contributed by atoms with Crippen LogP contribution in [0, 0.1) is 6.92 Å². The number of amides is 1. The Labute approximate surface area is 110 Å². The van der Waals surface area contributed by atoms with E-state index in [2.05, 4.69) is 10.3 Å². The Morgan fingerprint density at radius 2 is 2.16 bits per heavy atom. The number of aromatic hydroxyl groups is 1. The number of aromatic nitrogens is 1. The third kappa shape index (κ3) is 2.82. The van der Waals surface area contributed by atoms with E-state index in [1.54, 1.807) is 12.1 Å². The van der Waals surface area contributed by atoms with E-state index in [-0.39, 0.29) is 11.3 Å². The zero-order valence-electron chi connectivity index (χ0n) is 10.7. The monoisotopic (exact) mass is 258 g/mol. The minimum absolute atomic E-state index is 0.161. The first-order valence-electron chi connectivity index (χ1n) is 5.71. The van der Waals surface area contributed by atoms with Crippen molar-refractivity contribution in [3.8, 4) is 11.5 Å². The maximum atomic E-state index is 12.1. The van der Waals surface area contributed by atoms with Gasteiger partial charge in [-0.25, -0.2) is 0 Å². The van der Waals surface area contributed by atoms with Crippen LogP contribution in [0.1, 0.15) is 15.9 Å². The van der Waals surface area contributed by atoms with Crippen molar-refractivity contribution in [1.82, 2.24) is 4.98 Å². The second-order valence-corrected chi connectivity index (χ2v) is 4.05. The summed E-state index contributed by atoms with van der Waals surface area (Å²) >= 11 is 0. The summed E-state index contributed by atoms with van der Waals surface area (Å²) in [5, 5.41) is 12.3. The number of rotatable bonds is 3. The summed E-state index contributed by atoms with van der Waals surface area (Å²) in [6, 6.07) is 6.91. The minimum atomic E-state index is -0.413. The van der Waals surface area contributed by atoms with Crippen LogP contribution in [-0.4, -0.2) is 23.1 Å². The van der Waals surface area contributed by atoms with Crippen LogP contribution in [0.2, 0.25) is 0 Å². The van der Waals surface area contributed by atoms with Crippen molar-refractivity contribution >= 4 is 11.6 Å². The Morgan fingerprint density at radius 3 is 2.84 bits per heavy atom. The molecule has 0 aliphatic rings. The fourth-order valence-electron chi connectivity index (χ4n) is 1.69. The number of benzene rings is 1. The molecule has 5 nitrogen and oxygen atoms in total. The van der Waals surface area contributed by atoms with Crippen LogP contribution in [0.5, 0.6) is 11.5 Å². The Kier molecular flexibility index (Phi) is 3.66. The fourth-order valence-corrected chi connectivity index (χ4v) is 1.69. The fraction of sp³-hybridized carbons (Fsp3) is 0.143. The first kappa shape index (κ1) is 12.9. The quantitative estimate of drug-likeness (QED) is 0.886. The maximum Gasteiger partial charge on any atom is 0.259 e.